The zero-order chi connectivity index (χ0) is 23.5. The van der Waals surface area contributed by atoms with Gasteiger partial charge in [-0.05, 0) is 98.2 Å². The third-order valence-electron chi connectivity index (χ3n) is 12.1. The molecule has 3 N–H and O–H groups in total. The molecular formula is C29H52O3. The Balaban J connectivity index is 1.51. The molecule has 0 amide bonds. The zero-order valence-corrected chi connectivity index (χ0v) is 21.8. The lowest BCUT2D eigenvalue weighted by molar-refractivity contribution is -0.264. The minimum Gasteiger partial charge on any atom is -0.393 e. The van der Waals surface area contributed by atoms with Crippen LogP contribution < -0.4 is 0 Å². The van der Waals surface area contributed by atoms with Gasteiger partial charge in [0.1, 0.15) is 0 Å². The first kappa shape index (κ1) is 25.0. The molecule has 0 bridgehead atoms. The summed E-state index contributed by atoms with van der Waals surface area (Å²) < 4.78 is 0. The molecule has 3 heteroatoms. The third kappa shape index (κ3) is 3.72. The van der Waals surface area contributed by atoms with Gasteiger partial charge < -0.3 is 15.3 Å². The van der Waals surface area contributed by atoms with E-state index >= 15 is 0 Å². The van der Waals surface area contributed by atoms with Crippen molar-refractivity contribution >= 4 is 0 Å². The Kier molecular flexibility index (Phi) is 6.89. The highest BCUT2D eigenvalue weighted by molar-refractivity contribution is 5.17. The maximum atomic E-state index is 11.7. The van der Waals surface area contributed by atoms with Crippen molar-refractivity contribution in [2.75, 3.05) is 0 Å². The summed E-state index contributed by atoms with van der Waals surface area (Å²) in [6.45, 7) is 14.5. The van der Waals surface area contributed by atoms with Gasteiger partial charge in [-0.3, -0.25) is 0 Å². The first-order chi connectivity index (χ1) is 15.0. The van der Waals surface area contributed by atoms with E-state index in [4.69, 9.17) is 0 Å². The molecule has 4 rings (SSSR count). The van der Waals surface area contributed by atoms with E-state index in [2.05, 4.69) is 41.5 Å². The van der Waals surface area contributed by atoms with E-state index in [9.17, 15) is 15.3 Å². The van der Waals surface area contributed by atoms with Gasteiger partial charge in [0.25, 0.3) is 0 Å². The lowest BCUT2D eigenvalue weighted by Crippen LogP contribution is -2.68. The summed E-state index contributed by atoms with van der Waals surface area (Å²) in [4.78, 5) is 0. The molecule has 0 spiro atoms. The Labute approximate surface area is 197 Å². The fourth-order valence-corrected chi connectivity index (χ4v) is 9.92. The van der Waals surface area contributed by atoms with Gasteiger partial charge in [-0.15, -0.1) is 0 Å². The van der Waals surface area contributed by atoms with E-state index in [1.165, 1.54) is 44.9 Å². The predicted octanol–water partition coefficient (Wildman–Crippen LogP) is 6.19. The Morgan fingerprint density at radius 2 is 1.62 bits per heavy atom. The summed E-state index contributed by atoms with van der Waals surface area (Å²) in [6, 6.07) is 0. The normalized spacial score (nSPS) is 50.4. The maximum absolute atomic E-state index is 11.7. The van der Waals surface area contributed by atoms with Crippen LogP contribution in [-0.2, 0) is 0 Å². The average molecular weight is 449 g/mol. The molecule has 0 aliphatic heterocycles. The lowest BCUT2D eigenvalue weighted by Gasteiger charge is -2.65. The van der Waals surface area contributed by atoms with Crippen LogP contribution in [-0.4, -0.2) is 33.1 Å². The average Bonchev–Trinajstić information content (AvgIpc) is 3.08. The van der Waals surface area contributed by atoms with Gasteiger partial charge in [0.15, 0.2) is 0 Å². The summed E-state index contributed by atoms with van der Waals surface area (Å²) in [5, 5.41) is 33.2. The SMILES string of the molecule is CCC(CC[C@@H](C)C1CCC2C3C[C@@H](O)[C@@]4(O)C[C@@H](O)CC[C@]4(C)C3CC[C@@]21C)C(C)C. The fourth-order valence-electron chi connectivity index (χ4n) is 9.92. The van der Waals surface area contributed by atoms with E-state index in [-0.39, 0.29) is 5.41 Å². The maximum Gasteiger partial charge on any atom is 0.0985 e. The Bertz CT molecular complexity index is 663. The van der Waals surface area contributed by atoms with Crippen LogP contribution in [0.4, 0.5) is 0 Å². The van der Waals surface area contributed by atoms with Gasteiger partial charge in [-0.1, -0.05) is 54.4 Å². The summed E-state index contributed by atoms with van der Waals surface area (Å²) in [5.41, 5.74) is -0.984. The molecule has 4 aliphatic carbocycles. The molecule has 32 heavy (non-hydrogen) atoms. The van der Waals surface area contributed by atoms with Crippen molar-refractivity contribution in [3.8, 4) is 0 Å². The number of hydrogen-bond acceptors (Lipinski definition) is 3. The standard InChI is InChI=1S/C29H52O3/c1-7-20(18(2)3)9-8-19(4)23-10-11-24-22-16-26(31)29(32)17-21(30)12-15-28(29,6)25(22)13-14-27(23,24)5/h18-26,30-32H,7-17H2,1-6H3/t19-,20?,21+,22?,23?,24?,25?,26-,27-,28-,29+/m1/s1. The van der Waals surface area contributed by atoms with E-state index in [1.807, 2.05) is 0 Å². The first-order valence-electron chi connectivity index (χ1n) is 14.1. The molecule has 4 fully saturated rings. The highest BCUT2D eigenvalue weighted by Crippen LogP contribution is 2.69. The van der Waals surface area contributed by atoms with Crippen molar-refractivity contribution < 1.29 is 15.3 Å². The highest BCUT2D eigenvalue weighted by atomic mass is 16.3. The number of hydrogen-bond donors (Lipinski definition) is 3. The van der Waals surface area contributed by atoms with Crippen molar-refractivity contribution in [3.63, 3.8) is 0 Å². The Hall–Kier alpha value is -0.120. The van der Waals surface area contributed by atoms with Gasteiger partial charge in [-0.25, -0.2) is 0 Å². The third-order valence-corrected chi connectivity index (χ3v) is 12.1. The number of aliphatic hydroxyl groups excluding tert-OH is 2. The van der Waals surface area contributed by atoms with E-state index in [0.29, 0.717) is 29.6 Å². The Morgan fingerprint density at radius 1 is 0.906 bits per heavy atom. The van der Waals surface area contributed by atoms with Gasteiger partial charge in [0.2, 0.25) is 0 Å². The first-order valence-corrected chi connectivity index (χ1v) is 14.1. The molecule has 4 saturated carbocycles. The summed E-state index contributed by atoms with van der Waals surface area (Å²) >= 11 is 0. The molecule has 5 unspecified atom stereocenters. The van der Waals surface area contributed by atoms with Crippen LogP contribution in [0.3, 0.4) is 0 Å². The van der Waals surface area contributed by atoms with Crippen LogP contribution in [0, 0.1) is 52.3 Å². The number of aliphatic hydroxyl groups is 3. The molecule has 0 radical (unpaired) electrons. The van der Waals surface area contributed by atoms with Gasteiger partial charge in [0.05, 0.1) is 17.8 Å². The number of fused-ring (bicyclic) bond motifs is 5. The van der Waals surface area contributed by atoms with E-state index in [0.717, 1.165) is 42.9 Å². The van der Waals surface area contributed by atoms with Crippen molar-refractivity contribution in [2.45, 2.75) is 130 Å². The van der Waals surface area contributed by atoms with Crippen LogP contribution in [0.25, 0.3) is 0 Å². The second-order valence-corrected chi connectivity index (χ2v) is 13.6. The van der Waals surface area contributed by atoms with E-state index < -0.39 is 17.8 Å². The van der Waals surface area contributed by atoms with Crippen molar-refractivity contribution in [1.29, 1.82) is 0 Å². The predicted molar refractivity (Wildman–Crippen MR) is 131 cm³/mol. The molecule has 3 nitrogen and oxygen atoms in total. The summed E-state index contributed by atoms with van der Waals surface area (Å²) in [5.74, 6) is 4.92. The summed E-state index contributed by atoms with van der Waals surface area (Å²) in [6.07, 6.45) is 10.7. The lowest BCUT2D eigenvalue weighted by atomic mass is 9.42. The quantitative estimate of drug-likeness (QED) is 0.454. The van der Waals surface area contributed by atoms with Crippen LogP contribution in [0.1, 0.15) is 112 Å². The molecule has 0 heterocycles. The van der Waals surface area contributed by atoms with Crippen molar-refractivity contribution in [3.05, 3.63) is 0 Å². The van der Waals surface area contributed by atoms with Gasteiger partial charge in [-0.2, -0.15) is 0 Å². The summed E-state index contributed by atoms with van der Waals surface area (Å²) in [7, 11) is 0. The topological polar surface area (TPSA) is 60.7 Å². The zero-order valence-electron chi connectivity index (χ0n) is 21.8. The van der Waals surface area contributed by atoms with Crippen LogP contribution in [0.5, 0.6) is 0 Å². The molecule has 4 aliphatic rings. The fraction of sp³-hybridized carbons (Fsp3) is 1.00. The molecular weight excluding hydrogens is 396 g/mol. The molecule has 11 atom stereocenters. The molecule has 186 valence electrons. The van der Waals surface area contributed by atoms with Crippen molar-refractivity contribution in [1.82, 2.24) is 0 Å². The number of rotatable bonds is 6. The second-order valence-electron chi connectivity index (χ2n) is 13.6. The second kappa shape index (κ2) is 8.83. The molecule has 0 aromatic carbocycles. The minimum atomic E-state index is -1.11. The Morgan fingerprint density at radius 3 is 2.28 bits per heavy atom. The van der Waals surface area contributed by atoms with E-state index in [1.54, 1.807) is 0 Å². The highest BCUT2D eigenvalue weighted by Gasteiger charge is 2.67. The minimum absolute atomic E-state index is 0.259. The molecule has 0 aromatic heterocycles. The smallest absolute Gasteiger partial charge is 0.0985 e. The van der Waals surface area contributed by atoms with Crippen LogP contribution >= 0.6 is 0 Å². The molecule has 0 aromatic rings. The van der Waals surface area contributed by atoms with Crippen molar-refractivity contribution in [2.24, 2.45) is 52.3 Å². The monoisotopic (exact) mass is 448 g/mol. The van der Waals surface area contributed by atoms with Gasteiger partial charge >= 0.3 is 0 Å². The van der Waals surface area contributed by atoms with Crippen LogP contribution in [0.2, 0.25) is 0 Å². The largest absolute Gasteiger partial charge is 0.393 e. The van der Waals surface area contributed by atoms with Crippen LogP contribution in [0.15, 0.2) is 0 Å². The molecule has 0 saturated heterocycles. The van der Waals surface area contributed by atoms with Gasteiger partial charge in [0, 0.05) is 11.8 Å².